The molecule has 3 rings (SSSR count). The lowest BCUT2D eigenvalue weighted by molar-refractivity contribution is 0.471. The van der Waals surface area contributed by atoms with E-state index in [2.05, 4.69) is 4.98 Å². The van der Waals surface area contributed by atoms with Gasteiger partial charge in [-0.3, -0.25) is 0 Å². The molecule has 0 fully saturated rings. The van der Waals surface area contributed by atoms with Crippen LogP contribution in [0.2, 0.25) is 0 Å². The summed E-state index contributed by atoms with van der Waals surface area (Å²) in [4.78, 5) is 4.52. The topological polar surface area (TPSA) is 53.4 Å². The lowest BCUT2D eigenvalue weighted by atomic mass is 10.1. The van der Waals surface area contributed by atoms with E-state index in [1.165, 1.54) is 11.3 Å². The Morgan fingerprint density at radius 1 is 1.06 bits per heavy atom. The maximum atomic E-state index is 9.52. The number of thiazole rings is 1. The van der Waals surface area contributed by atoms with Gasteiger partial charge in [0, 0.05) is 5.56 Å². The summed E-state index contributed by atoms with van der Waals surface area (Å²) >= 11 is 1.53. The second-order valence-corrected chi connectivity index (χ2v) is 5.20. The van der Waals surface area contributed by atoms with Crippen molar-refractivity contribution in [3.05, 3.63) is 42.0 Å². The zero-order chi connectivity index (χ0) is 12.7. The molecule has 90 valence electrons. The van der Waals surface area contributed by atoms with E-state index in [1.54, 1.807) is 24.3 Å². The van der Waals surface area contributed by atoms with Crippen molar-refractivity contribution in [2.24, 2.45) is 0 Å². The average molecular weight is 257 g/mol. The molecule has 0 amide bonds. The number of aromatic nitrogens is 1. The van der Waals surface area contributed by atoms with E-state index in [0.717, 1.165) is 26.4 Å². The van der Waals surface area contributed by atoms with Crippen LogP contribution in [0.1, 0.15) is 5.56 Å². The number of fused-ring (bicyclic) bond motifs is 1. The standard InChI is InChI=1S/C14H11NO2S/c1-8-6-9(2-5-12(8)17)14-15-11-4-3-10(16)7-13(11)18-14/h2-7,16-17H,1H3. The van der Waals surface area contributed by atoms with Gasteiger partial charge in [0.05, 0.1) is 10.2 Å². The molecule has 0 saturated carbocycles. The quantitative estimate of drug-likeness (QED) is 0.699. The number of aryl methyl sites for hydroxylation is 1. The lowest BCUT2D eigenvalue weighted by Gasteiger charge is -2.00. The summed E-state index contributed by atoms with van der Waals surface area (Å²) < 4.78 is 0.954. The second-order valence-electron chi connectivity index (χ2n) is 4.17. The maximum Gasteiger partial charge on any atom is 0.124 e. The van der Waals surface area contributed by atoms with Gasteiger partial charge >= 0.3 is 0 Å². The van der Waals surface area contributed by atoms with Crippen LogP contribution in [-0.2, 0) is 0 Å². The predicted octanol–water partition coefficient (Wildman–Crippen LogP) is 3.68. The Morgan fingerprint density at radius 3 is 2.67 bits per heavy atom. The molecule has 3 aromatic rings. The maximum absolute atomic E-state index is 9.52. The Bertz CT molecular complexity index is 734. The van der Waals surface area contributed by atoms with Gasteiger partial charge in [-0.15, -0.1) is 11.3 Å². The molecule has 3 nitrogen and oxygen atoms in total. The highest BCUT2D eigenvalue weighted by Crippen LogP contribution is 2.33. The normalized spacial score (nSPS) is 10.9. The Hall–Kier alpha value is -2.07. The Morgan fingerprint density at radius 2 is 1.89 bits per heavy atom. The van der Waals surface area contributed by atoms with E-state index in [9.17, 15) is 10.2 Å². The van der Waals surface area contributed by atoms with Crippen LogP contribution >= 0.6 is 11.3 Å². The van der Waals surface area contributed by atoms with Crippen molar-refractivity contribution in [1.29, 1.82) is 0 Å². The van der Waals surface area contributed by atoms with E-state index in [1.807, 2.05) is 19.1 Å². The van der Waals surface area contributed by atoms with Crippen LogP contribution in [0.3, 0.4) is 0 Å². The summed E-state index contributed by atoms with van der Waals surface area (Å²) in [5.74, 6) is 0.539. The van der Waals surface area contributed by atoms with Gasteiger partial charge in [0.15, 0.2) is 0 Å². The lowest BCUT2D eigenvalue weighted by Crippen LogP contribution is -1.79. The summed E-state index contributed by atoms with van der Waals surface area (Å²) in [5, 5.41) is 19.8. The molecule has 2 N–H and O–H groups in total. The third kappa shape index (κ3) is 1.80. The number of benzene rings is 2. The molecule has 1 heterocycles. The fourth-order valence-electron chi connectivity index (χ4n) is 1.83. The van der Waals surface area contributed by atoms with Crippen molar-refractivity contribution in [2.75, 3.05) is 0 Å². The van der Waals surface area contributed by atoms with Gasteiger partial charge < -0.3 is 10.2 Å². The summed E-state index contributed by atoms with van der Waals surface area (Å²) in [6.45, 7) is 1.86. The first-order valence-electron chi connectivity index (χ1n) is 5.53. The average Bonchev–Trinajstić information content (AvgIpc) is 2.75. The molecule has 4 heteroatoms. The van der Waals surface area contributed by atoms with Crippen molar-refractivity contribution >= 4 is 21.6 Å². The van der Waals surface area contributed by atoms with Gasteiger partial charge in [-0.25, -0.2) is 4.98 Å². The number of hydrogen-bond donors (Lipinski definition) is 2. The van der Waals surface area contributed by atoms with Crippen molar-refractivity contribution < 1.29 is 10.2 Å². The zero-order valence-electron chi connectivity index (χ0n) is 9.71. The van der Waals surface area contributed by atoms with Gasteiger partial charge in [-0.05, 0) is 48.9 Å². The summed E-state index contributed by atoms with van der Waals surface area (Å²) in [5.41, 5.74) is 2.68. The number of phenolic OH excluding ortho intramolecular Hbond substituents is 2. The van der Waals surface area contributed by atoms with Gasteiger partial charge in [0.1, 0.15) is 16.5 Å². The number of nitrogens with zero attached hydrogens (tertiary/aromatic N) is 1. The van der Waals surface area contributed by atoms with Crippen LogP contribution in [0.4, 0.5) is 0 Å². The third-order valence-corrected chi connectivity index (χ3v) is 3.88. The SMILES string of the molecule is Cc1cc(-c2nc3ccc(O)cc3s2)ccc1O. The van der Waals surface area contributed by atoms with Gasteiger partial charge in [0.2, 0.25) is 0 Å². The summed E-state index contributed by atoms with van der Waals surface area (Å²) in [7, 11) is 0. The third-order valence-electron chi connectivity index (χ3n) is 2.82. The van der Waals surface area contributed by atoms with E-state index in [0.29, 0.717) is 0 Å². The zero-order valence-corrected chi connectivity index (χ0v) is 10.5. The molecule has 0 saturated heterocycles. The molecular weight excluding hydrogens is 246 g/mol. The Balaban J connectivity index is 2.16. The molecule has 0 aliphatic carbocycles. The highest BCUT2D eigenvalue weighted by Gasteiger charge is 2.08. The number of rotatable bonds is 1. The molecule has 0 spiro atoms. The van der Waals surface area contributed by atoms with Crippen LogP contribution in [0.15, 0.2) is 36.4 Å². The minimum absolute atomic E-state index is 0.250. The van der Waals surface area contributed by atoms with Crippen LogP contribution in [0, 0.1) is 6.92 Å². The van der Waals surface area contributed by atoms with Crippen molar-refractivity contribution in [3.8, 4) is 22.1 Å². The molecule has 1 aromatic heterocycles. The molecule has 0 aliphatic heterocycles. The van der Waals surface area contributed by atoms with E-state index >= 15 is 0 Å². The fraction of sp³-hybridized carbons (Fsp3) is 0.0714. The van der Waals surface area contributed by atoms with Gasteiger partial charge in [0.25, 0.3) is 0 Å². The first kappa shape index (κ1) is 11.0. The monoisotopic (exact) mass is 257 g/mol. The molecule has 0 bridgehead atoms. The van der Waals surface area contributed by atoms with Crippen molar-refractivity contribution in [2.45, 2.75) is 6.92 Å². The van der Waals surface area contributed by atoms with Crippen LogP contribution < -0.4 is 0 Å². The molecule has 0 atom stereocenters. The highest BCUT2D eigenvalue weighted by molar-refractivity contribution is 7.21. The number of phenols is 2. The van der Waals surface area contributed by atoms with E-state index in [-0.39, 0.29) is 11.5 Å². The predicted molar refractivity (Wildman–Crippen MR) is 73.1 cm³/mol. The molecule has 0 aliphatic rings. The van der Waals surface area contributed by atoms with Crippen LogP contribution in [0.5, 0.6) is 11.5 Å². The van der Waals surface area contributed by atoms with E-state index in [4.69, 9.17) is 0 Å². The largest absolute Gasteiger partial charge is 0.508 e. The summed E-state index contributed by atoms with van der Waals surface area (Å²) in [6.07, 6.45) is 0. The number of aromatic hydroxyl groups is 2. The molecular formula is C14H11NO2S. The second kappa shape index (κ2) is 3.99. The van der Waals surface area contributed by atoms with Crippen molar-refractivity contribution in [1.82, 2.24) is 4.98 Å². The van der Waals surface area contributed by atoms with Crippen molar-refractivity contribution in [3.63, 3.8) is 0 Å². The molecule has 18 heavy (non-hydrogen) atoms. The molecule has 0 radical (unpaired) electrons. The molecule has 2 aromatic carbocycles. The minimum Gasteiger partial charge on any atom is -0.508 e. The van der Waals surface area contributed by atoms with Gasteiger partial charge in [-0.1, -0.05) is 0 Å². The van der Waals surface area contributed by atoms with Crippen LogP contribution in [0.25, 0.3) is 20.8 Å². The highest BCUT2D eigenvalue weighted by atomic mass is 32.1. The Kier molecular flexibility index (Phi) is 2.45. The smallest absolute Gasteiger partial charge is 0.124 e. The first-order valence-corrected chi connectivity index (χ1v) is 6.35. The Labute approximate surface area is 108 Å². The minimum atomic E-state index is 0.250. The molecule has 0 unspecified atom stereocenters. The van der Waals surface area contributed by atoms with Crippen LogP contribution in [-0.4, -0.2) is 15.2 Å². The van der Waals surface area contributed by atoms with Gasteiger partial charge in [-0.2, -0.15) is 0 Å². The van der Waals surface area contributed by atoms with E-state index < -0.39 is 0 Å². The first-order chi connectivity index (χ1) is 8.63. The summed E-state index contributed by atoms with van der Waals surface area (Å²) in [6, 6.07) is 10.6. The number of hydrogen-bond acceptors (Lipinski definition) is 4. The fourth-order valence-corrected chi connectivity index (χ4v) is 2.82.